The average Bonchev–Trinajstić information content (AvgIpc) is 2.86. The van der Waals surface area contributed by atoms with Crippen molar-refractivity contribution in [3.63, 3.8) is 0 Å². The number of hydrogen-bond donors (Lipinski definition) is 2. The molecule has 17 heavy (non-hydrogen) atoms. The summed E-state index contributed by atoms with van der Waals surface area (Å²) in [6.07, 6.45) is 5.15. The molecule has 0 fully saturated rings. The van der Waals surface area contributed by atoms with Crippen LogP contribution in [0.3, 0.4) is 0 Å². The van der Waals surface area contributed by atoms with E-state index in [-0.39, 0.29) is 5.56 Å². The first-order valence-corrected chi connectivity index (χ1v) is 6.52. The number of rotatable bonds is 3. The Kier molecular flexibility index (Phi) is 2.68. The number of thiophene rings is 1. The number of H-pyrrole nitrogens is 1. The summed E-state index contributed by atoms with van der Waals surface area (Å²) in [5, 5.41) is 3.17. The molecule has 2 N–H and O–H groups in total. The topological polar surface area (TPSA) is 57.8 Å². The van der Waals surface area contributed by atoms with Crippen LogP contribution in [0.5, 0.6) is 0 Å². The van der Waals surface area contributed by atoms with Gasteiger partial charge in [-0.1, -0.05) is 0 Å². The van der Waals surface area contributed by atoms with Crippen molar-refractivity contribution < 1.29 is 0 Å². The van der Waals surface area contributed by atoms with Gasteiger partial charge in [0.2, 0.25) is 0 Å². The third-order valence-corrected chi connectivity index (χ3v) is 4.16. The number of nitrogens with zero attached hydrogens (tertiary/aromatic N) is 1. The zero-order valence-electron chi connectivity index (χ0n) is 9.32. The number of hydrogen-bond acceptors (Lipinski definition) is 4. The molecule has 4 nitrogen and oxygen atoms in total. The number of aromatic amines is 1. The molecule has 3 rings (SSSR count). The number of anilines is 1. The Bertz CT molecular complexity index is 566. The molecule has 1 aliphatic rings. The van der Waals surface area contributed by atoms with Crippen LogP contribution in [-0.2, 0) is 19.4 Å². The van der Waals surface area contributed by atoms with Crippen LogP contribution in [0.4, 0.5) is 5.82 Å². The molecule has 1 aliphatic carbocycles. The van der Waals surface area contributed by atoms with Crippen LogP contribution in [0.2, 0.25) is 0 Å². The van der Waals surface area contributed by atoms with Crippen molar-refractivity contribution in [1.29, 1.82) is 0 Å². The minimum Gasteiger partial charge on any atom is -0.365 e. The smallest absolute Gasteiger partial charge is 0.252 e. The molecular formula is C12H13N3OS. The van der Waals surface area contributed by atoms with Crippen molar-refractivity contribution >= 4 is 17.2 Å². The SMILES string of the molecule is O=c1cc(NCc2cc3c(s2)CCC3)nc[nH]1. The van der Waals surface area contributed by atoms with Gasteiger partial charge < -0.3 is 10.3 Å². The molecule has 0 bridgehead atoms. The Hall–Kier alpha value is -1.62. The summed E-state index contributed by atoms with van der Waals surface area (Å²) in [5.74, 6) is 0.627. The highest BCUT2D eigenvalue weighted by Gasteiger charge is 2.14. The largest absolute Gasteiger partial charge is 0.365 e. The van der Waals surface area contributed by atoms with Crippen molar-refractivity contribution in [1.82, 2.24) is 9.97 Å². The monoisotopic (exact) mass is 247 g/mol. The standard InChI is InChI=1S/C12H13N3OS/c16-12-5-11(14-7-15-12)13-6-9-4-8-2-1-3-10(8)17-9/h4-5,7H,1-3,6H2,(H2,13,14,15,16). The zero-order chi connectivity index (χ0) is 11.7. The predicted molar refractivity (Wildman–Crippen MR) is 68.5 cm³/mol. The summed E-state index contributed by atoms with van der Waals surface area (Å²) < 4.78 is 0. The van der Waals surface area contributed by atoms with Crippen LogP contribution >= 0.6 is 11.3 Å². The van der Waals surface area contributed by atoms with Gasteiger partial charge in [0.15, 0.2) is 0 Å². The van der Waals surface area contributed by atoms with Gasteiger partial charge in [-0.05, 0) is 30.9 Å². The van der Waals surface area contributed by atoms with Crippen molar-refractivity contribution in [3.05, 3.63) is 44.1 Å². The second-order valence-corrected chi connectivity index (χ2v) is 5.39. The first-order chi connectivity index (χ1) is 8.31. The Morgan fingerprint density at radius 3 is 3.18 bits per heavy atom. The minimum absolute atomic E-state index is 0.129. The van der Waals surface area contributed by atoms with E-state index in [4.69, 9.17) is 0 Å². The molecule has 0 aliphatic heterocycles. The lowest BCUT2D eigenvalue weighted by Crippen LogP contribution is -2.08. The van der Waals surface area contributed by atoms with Crippen LogP contribution in [0.25, 0.3) is 0 Å². The molecule has 0 radical (unpaired) electrons. The normalized spacial score (nSPS) is 13.6. The van der Waals surface area contributed by atoms with Crippen LogP contribution in [0.15, 0.2) is 23.3 Å². The molecule has 0 unspecified atom stereocenters. The van der Waals surface area contributed by atoms with Crippen molar-refractivity contribution in [2.45, 2.75) is 25.8 Å². The molecular weight excluding hydrogens is 234 g/mol. The molecule has 0 atom stereocenters. The molecule has 2 aromatic heterocycles. The fraction of sp³-hybridized carbons (Fsp3) is 0.333. The fourth-order valence-electron chi connectivity index (χ4n) is 2.12. The molecule has 0 amide bonds. The summed E-state index contributed by atoms with van der Waals surface area (Å²) >= 11 is 1.87. The maximum Gasteiger partial charge on any atom is 0.252 e. The lowest BCUT2D eigenvalue weighted by atomic mass is 10.2. The van der Waals surface area contributed by atoms with Crippen molar-refractivity contribution in [2.24, 2.45) is 0 Å². The predicted octanol–water partition coefficient (Wildman–Crippen LogP) is 1.93. The summed E-state index contributed by atoms with van der Waals surface area (Å²) in [6.45, 7) is 0.744. The minimum atomic E-state index is -0.129. The fourth-order valence-corrected chi connectivity index (χ4v) is 3.32. The maximum absolute atomic E-state index is 11.1. The molecule has 0 spiro atoms. The molecule has 0 aromatic carbocycles. The van der Waals surface area contributed by atoms with Crippen molar-refractivity contribution in [2.75, 3.05) is 5.32 Å². The average molecular weight is 247 g/mol. The van der Waals surface area contributed by atoms with Crippen molar-refractivity contribution in [3.8, 4) is 0 Å². The Balaban J connectivity index is 1.69. The van der Waals surface area contributed by atoms with Gasteiger partial charge in [0.25, 0.3) is 5.56 Å². The van der Waals surface area contributed by atoms with E-state index < -0.39 is 0 Å². The highest BCUT2D eigenvalue weighted by atomic mass is 32.1. The molecule has 2 aromatic rings. The summed E-state index contributed by atoms with van der Waals surface area (Å²) in [6, 6.07) is 3.74. The molecule has 0 saturated heterocycles. The van der Waals surface area contributed by atoms with Gasteiger partial charge in [0.05, 0.1) is 12.9 Å². The molecule has 0 saturated carbocycles. The van der Waals surface area contributed by atoms with Gasteiger partial charge in [0.1, 0.15) is 5.82 Å². The second-order valence-electron chi connectivity index (χ2n) is 4.16. The van der Waals surface area contributed by atoms with Crippen LogP contribution < -0.4 is 10.9 Å². The Labute approximate surface area is 103 Å². The van der Waals surface area contributed by atoms with E-state index in [1.165, 1.54) is 47.0 Å². The third-order valence-electron chi connectivity index (χ3n) is 2.92. The zero-order valence-corrected chi connectivity index (χ0v) is 10.1. The van der Waals surface area contributed by atoms with E-state index in [2.05, 4.69) is 21.4 Å². The Morgan fingerprint density at radius 2 is 2.35 bits per heavy atom. The highest BCUT2D eigenvalue weighted by molar-refractivity contribution is 7.12. The van der Waals surface area contributed by atoms with Gasteiger partial charge in [-0.3, -0.25) is 4.79 Å². The summed E-state index contributed by atoms with van der Waals surface area (Å²) in [5.41, 5.74) is 1.38. The van der Waals surface area contributed by atoms with E-state index in [1.807, 2.05) is 11.3 Å². The first-order valence-electron chi connectivity index (χ1n) is 5.70. The van der Waals surface area contributed by atoms with Gasteiger partial charge in [0, 0.05) is 15.8 Å². The number of fused-ring (bicyclic) bond motifs is 1. The molecule has 2 heterocycles. The molecule has 5 heteroatoms. The summed E-state index contributed by atoms with van der Waals surface area (Å²) in [4.78, 5) is 20.5. The van der Waals surface area contributed by atoms with Crippen LogP contribution in [0.1, 0.15) is 21.7 Å². The Morgan fingerprint density at radius 1 is 1.41 bits per heavy atom. The lowest BCUT2D eigenvalue weighted by molar-refractivity contribution is 0.913. The van der Waals surface area contributed by atoms with Crippen LogP contribution in [-0.4, -0.2) is 9.97 Å². The van der Waals surface area contributed by atoms with Crippen LogP contribution in [0, 0.1) is 0 Å². The second kappa shape index (κ2) is 4.33. The maximum atomic E-state index is 11.1. The van der Waals surface area contributed by atoms with E-state index in [9.17, 15) is 4.79 Å². The molecule has 88 valence electrons. The number of aromatic nitrogens is 2. The third kappa shape index (κ3) is 2.24. The number of aryl methyl sites for hydroxylation is 2. The van der Waals surface area contributed by atoms with E-state index >= 15 is 0 Å². The lowest BCUT2D eigenvalue weighted by Gasteiger charge is -2.02. The number of nitrogens with one attached hydrogen (secondary N) is 2. The quantitative estimate of drug-likeness (QED) is 0.871. The highest BCUT2D eigenvalue weighted by Crippen LogP contribution is 2.30. The van der Waals surface area contributed by atoms with E-state index in [0.717, 1.165) is 6.54 Å². The summed E-state index contributed by atoms with van der Waals surface area (Å²) in [7, 11) is 0. The van der Waals surface area contributed by atoms with E-state index in [0.29, 0.717) is 5.82 Å². The van der Waals surface area contributed by atoms with Gasteiger partial charge in [-0.2, -0.15) is 0 Å². The first kappa shape index (κ1) is 10.5. The van der Waals surface area contributed by atoms with Gasteiger partial charge in [-0.15, -0.1) is 11.3 Å². The van der Waals surface area contributed by atoms with Gasteiger partial charge >= 0.3 is 0 Å². The van der Waals surface area contributed by atoms with Gasteiger partial charge in [-0.25, -0.2) is 4.98 Å². The van der Waals surface area contributed by atoms with E-state index in [1.54, 1.807) is 0 Å².